The van der Waals surface area contributed by atoms with E-state index in [1.54, 1.807) is 12.4 Å². The fourth-order valence-corrected chi connectivity index (χ4v) is 2.46. The lowest BCUT2D eigenvalue weighted by molar-refractivity contribution is 0.281. The van der Waals surface area contributed by atoms with Crippen LogP contribution in [0.1, 0.15) is 24.1 Å². The fraction of sp³-hybridized carbons (Fsp3) is 0.250. The van der Waals surface area contributed by atoms with Gasteiger partial charge in [0.25, 0.3) is 0 Å². The highest BCUT2D eigenvalue weighted by Crippen LogP contribution is 2.35. The molecule has 0 radical (unpaired) electrons. The summed E-state index contributed by atoms with van der Waals surface area (Å²) in [4.78, 5) is 8.49. The van der Waals surface area contributed by atoms with Crippen LogP contribution in [-0.4, -0.2) is 24.0 Å². The Morgan fingerprint density at radius 2 is 1.95 bits per heavy atom. The van der Waals surface area contributed by atoms with E-state index < -0.39 is 0 Å². The van der Waals surface area contributed by atoms with E-state index in [0.29, 0.717) is 5.84 Å². The molecular formula is C16H18N4O. The molecule has 108 valence electrons. The molecule has 5 nitrogen and oxygen atoms in total. The molecular weight excluding hydrogens is 264 g/mol. The van der Waals surface area contributed by atoms with Crippen molar-refractivity contribution in [2.24, 2.45) is 10.7 Å². The minimum Gasteiger partial charge on any atom is -0.481 e. The lowest BCUT2D eigenvalue weighted by Gasteiger charge is -2.23. The monoisotopic (exact) mass is 282 g/mol. The Kier molecular flexibility index (Phi) is 3.58. The molecule has 2 aromatic rings. The van der Waals surface area contributed by atoms with E-state index in [2.05, 4.69) is 15.3 Å². The van der Waals surface area contributed by atoms with Crippen molar-refractivity contribution in [3.8, 4) is 5.75 Å². The number of benzene rings is 1. The van der Waals surface area contributed by atoms with Crippen LogP contribution in [0.2, 0.25) is 0 Å². The Bertz CT molecular complexity index is 669. The average molecular weight is 282 g/mol. The average Bonchev–Trinajstić information content (AvgIpc) is 2.50. The maximum Gasteiger partial charge on any atom is 0.153 e. The summed E-state index contributed by atoms with van der Waals surface area (Å²) in [5.74, 6) is 1.27. The van der Waals surface area contributed by atoms with Gasteiger partial charge >= 0.3 is 0 Å². The molecule has 0 saturated heterocycles. The molecule has 0 amide bonds. The van der Waals surface area contributed by atoms with Gasteiger partial charge in [-0.05, 0) is 49.4 Å². The van der Waals surface area contributed by atoms with Crippen molar-refractivity contribution in [2.75, 3.05) is 7.05 Å². The summed E-state index contributed by atoms with van der Waals surface area (Å²) >= 11 is 0. The summed E-state index contributed by atoms with van der Waals surface area (Å²) in [5.41, 5.74) is 8.90. The molecule has 3 rings (SSSR count). The smallest absolute Gasteiger partial charge is 0.153 e. The number of ether oxygens (including phenoxy) is 1. The second-order valence-corrected chi connectivity index (χ2v) is 5.03. The largest absolute Gasteiger partial charge is 0.481 e. The zero-order valence-electron chi connectivity index (χ0n) is 12.1. The van der Waals surface area contributed by atoms with Crippen LogP contribution in [0.4, 0.5) is 5.69 Å². The molecule has 0 spiro atoms. The maximum absolute atomic E-state index is 5.86. The normalized spacial score (nSPS) is 18.4. The summed E-state index contributed by atoms with van der Waals surface area (Å²) in [7, 11) is 1.93. The Labute approximate surface area is 123 Å². The van der Waals surface area contributed by atoms with Crippen molar-refractivity contribution in [3.63, 3.8) is 0 Å². The van der Waals surface area contributed by atoms with Gasteiger partial charge in [-0.25, -0.2) is 4.99 Å². The highest BCUT2D eigenvalue weighted by atomic mass is 16.5. The van der Waals surface area contributed by atoms with Crippen molar-refractivity contribution < 1.29 is 4.74 Å². The van der Waals surface area contributed by atoms with Gasteiger partial charge in [0.05, 0.1) is 6.04 Å². The van der Waals surface area contributed by atoms with E-state index >= 15 is 0 Å². The third-order valence-electron chi connectivity index (χ3n) is 3.61. The van der Waals surface area contributed by atoms with Crippen molar-refractivity contribution in [2.45, 2.75) is 19.1 Å². The summed E-state index contributed by atoms with van der Waals surface area (Å²) in [6.45, 7) is 1.89. The number of nitrogens with two attached hydrogens (primary N) is 1. The standard InChI is InChI=1S/C16H18N4O/c1-10-16(17)20-13-9-12(3-4-14(13)21-10)15(18-2)11-5-7-19-8-6-11/h3-10,15,18H,1-2H3,(H2,17,20). The van der Waals surface area contributed by atoms with E-state index in [1.807, 2.05) is 44.3 Å². The molecule has 2 unspecified atom stereocenters. The second kappa shape index (κ2) is 5.54. The molecule has 0 saturated carbocycles. The molecule has 0 fully saturated rings. The molecule has 21 heavy (non-hydrogen) atoms. The Morgan fingerprint density at radius 1 is 1.19 bits per heavy atom. The maximum atomic E-state index is 5.86. The predicted octanol–water partition coefficient (Wildman–Crippen LogP) is 2.16. The van der Waals surface area contributed by atoms with E-state index in [0.717, 1.165) is 22.6 Å². The van der Waals surface area contributed by atoms with Crippen LogP contribution in [0.5, 0.6) is 5.75 Å². The number of nitrogens with one attached hydrogen (secondary N) is 1. The molecule has 1 aromatic carbocycles. The van der Waals surface area contributed by atoms with Gasteiger partial charge in [-0.15, -0.1) is 0 Å². The van der Waals surface area contributed by atoms with Crippen LogP contribution < -0.4 is 15.8 Å². The van der Waals surface area contributed by atoms with Crippen LogP contribution in [0.3, 0.4) is 0 Å². The first kappa shape index (κ1) is 13.6. The molecule has 0 aliphatic carbocycles. The van der Waals surface area contributed by atoms with Crippen molar-refractivity contribution in [1.29, 1.82) is 0 Å². The number of nitrogens with zero attached hydrogens (tertiary/aromatic N) is 2. The van der Waals surface area contributed by atoms with Gasteiger partial charge in [0.2, 0.25) is 0 Å². The Balaban J connectivity index is 2.00. The molecule has 5 heteroatoms. The van der Waals surface area contributed by atoms with E-state index in [1.165, 1.54) is 0 Å². The van der Waals surface area contributed by atoms with E-state index in [-0.39, 0.29) is 12.1 Å². The Hall–Kier alpha value is -2.40. The minimum atomic E-state index is -0.177. The molecule has 1 aromatic heterocycles. The highest BCUT2D eigenvalue weighted by molar-refractivity contribution is 5.89. The number of amidine groups is 1. The molecule has 1 aliphatic rings. The first-order valence-corrected chi connectivity index (χ1v) is 6.91. The van der Waals surface area contributed by atoms with Crippen LogP contribution in [0.25, 0.3) is 0 Å². The summed E-state index contributed by atoms with van der Waals surface area (Å²) < 4.78 is 5.73. The minimum absolute atomic E-state index is 0.0778. The highest BCUT2D eigenvalue weighted by Gasteiger charge is 2.20. The third-order valence-corrected chi connectivity index (χ3v) is 3.61. The van der Waals surface area contributed by atoms with Gasteiger partial charge in [0.1, 0.15) is 17.3 Å². The van der Waals surface area contributed by atoms with Crippen LogP contribution in [-0.2, 0) is 0 Å². The number of aromatic nitrogens is 1. The van der Waals surface area contributed by atoms with Gasteiger partial charge in [0, 0.05) is 12.4 Å². The van der Waals surface area contributed by atoms with Crippen molar-refractivity contribution in [1.82, 2.24) is 10.3 Å². The third kappa shape index (κ3) is 2.60. The fourth-order valence-electron chi connectivity index (χ4n) is 2.46. The first-order chi connectivity index (χ1) is 10.2. The number of fused-ring (bicyclic) bond motifs is 1. The number of rotatable bonds is 3. The second-order valence-electron chi connectivity index (χ2n) is 5.03. The summed E-state index contributed by atoms with van der Waals surface area (Å²) in [6, 6.07) is 10.1. The summed E-state index contributed by atoms with van der Waals surface area (Å²) in [6.07, 6.45) is 3.40. The van der Waals surface area contributed by atoms with Gasteiger partial charge in [-0.3, -0.25) is 4.98 Å². The van der Waals surface area contributed by atoms with E-state index in [9.17, 15) is 0 Å². The van der Waals surface area contributed by atoms with Crippen LogP contribution in [0.15, 0.2) is 47.7 Å². The molecule has 2 heterocycles. The number of hydrogen-bond donors (Lipinski definition) is 2. The lowest BCUT2D eigenvalue weighted by Crippen LogP contribution is -2.33. The van der Waals surface area contributed by atoms with E-state index in [4.69, 9.17) is 10.5 Å². The van der Waals surface area contributed by atoms with Gasteiger partial charge < -0.3 is 15.8 Å². The molecule has 0 bridgehead atoms. The topological polar surface area (TPSA) is 72.5 Å². The van der Waals surface area contributed by atoms with Gasteiger partial charge in [-0.1, -0.05) is 6.07 Å². The number of hydrogen-bond acceptors (Lipinski definition) is 5. The van der Waals surface area contributed by atoms with Crippen LogP contribution in [0, 0.1) is 0 Å². The van der Waals surface area contributed by atoms with Crippen LogP contribution >= 0.6 is 0 Å². The zero-order valence-corrected chi connectivity index (χ0v) is 12.1. The van der Waals surface area contributed by atoms with Gasteiger partial charge in [0.15, 0.2) is 6.10 Å². The zero-order chi connectivity index (χ0) is 14.8. The molecule has 1 aliphatic heterocycles. The predicted molar refractivity (Wildman–Crippen MR) is 83.0 cm³/mol. The van der Waals surface area contributed by atoms with Crippen molar-refractivity contribution in [3.05, 3.63) is 53.9 Å². The summed E-state index contributed by atoms with van der Waals surface area (Å²) in [5, 5.41) is 3.31. The Morgan fingerprint density at radius 3 is 2.67 bits per heavy atom. The molecule has 3 N–H and O–H groups in total. The first-order valence-electron chi connectivity index (χ1n) is 6.91. The molecule has 2 atom stereocenters. The number of pyridine rings is 1. The van der Waals surface area contributed by atoms with Crippen molar-refractivity contribution >= 4 is 11.5 Å². The quantitative estimate of drug-likeness (QED) is 0.905. The lowest BCUT2D eigenvalue weighted by atomic mass is 9.99. The SMILES string of the molecule is CNC(c1ccncc1)c1ccc2c(c1)N=C(N)C(C)O2. The van der Waals surface area contributed by atoms with Gasteiger partial charge in [-0.2, -0.15) is 0 Å². The number of aliphatic imine (C=N–C) groups is 1.